The molecule has 0 spiro atoms. The van der Waals surface area contributed by atoms with Gasteiger partial charge in [0.15, 0.2) is 0 Å². The van der Waals surface area contributed by atoms with Crippen molar-refractivity contribution in [3.63, 3.8) is 0 Å². The predicted octanol–water partition coefficient (Wildman–Crippen LogP) is 0.642. The summed E-state index contributed by atoms with van der Waals surface area (Å²) < 4.78 is 5.61. The van der Waals surface area contributed by atoms with Gasteiger partial charge in [-0.1, -0.05) is 0 Å². The Morgan fingerprint density at radius 2 is 2.00 bits per heavy atom. The maximum Gasteiger partial charge on any atom is 0.209 e. The molecule has 1 aliphatic rings. The van der Waals surface area contributed by atoms with Crippen LogP contribution in [0.25, 0.3) is 0 Å². The summed E-state index contributed by atoms with van der Waals surface area (Å²) in [5.41, 5.74) is -0.0837. The van der Waals surface area contributed by atoms with Crippen molar-refractivity contribution in [1.29, 1.82) is 0 Å². The second-order valence-corrected chi connectivity index (χ2v) is 3.91. The van der Waals surface area contributed by atoms with Gasteiger partial charge in [0.05, 0.1) is 11.7 Å². The molecule has 0 radical (unpaired) electrons. The SMILES string of the molecule is CC(C)(C)OC1CN(C=O)C1. The molecule has 3 nitrogen and oxygen atoms in total. The van der Waals surface area contributed by atoms with E-state index in [1.165, 1.54) is 0 Å². The Morgan fingerprint density at radius 3 is 2.36 bits per heavy atom. The van der Waals surface area contributed by atoms with E-state index in [0.717, 1.165) is 19.5 Å². The van der Waals surface area contributed by atoms with Crippen molar-refractivity contribution in [3.05, 3.63) is 0 Å². The van der Waals surface area contributed by atoms with Crippen LogP contribution in [-0.2, 0) is 9.53 Å². The van der Waals surface area contributed by atoms with Gasteiger partial charge in [0.1, 0.15) is 0 Å². The summed E-state index contributed by atoms with van der Waals surface area (Å²) in [5.74, 6) is 0. The molecule has 0 saturated carbocycles. The number of hydrogen-bond acceptors (Lipinski definition) is 2. The zero-order valence-electron chi connectivity index (χ0n) is 7.33. The van der Waals surface area contributed by atoms with Crippen LogP contribution in [-0.4, -0.2) is 36.1 Å². The number of carbonyl (C=O) groups excluding carboxylic acids is 1. The minimum atomic E-state index is -0.0837. The summed E-state index contributed by atoms with van der Waals surface area (Å²) in [6.45, 7) is 7.57. The Hall–Kier alpha value is -0.570. The van der Waals surface area contributed by atoms with Gasteiger partial charge in [0.25, 0.3) is 0 Å². The first-order valence-electron chi connectivity index (χ1n) is 3.88. The Morgan fingerprint density at radius 1 is 1.45 bits per heavy atom. The number of hydrogen-bond donors (Lipinski definition) is 0. The quantitative estimate of drug-likeness (QED) is 0.550. The first kappa shape index (κ1) is 8.53. The molecule has 3 heteroatoms. The highest BCUT2D eigenvalue weighted by molar-refractivity contribution is 5.48. The topological polar surface area (TPSA) is 29.5 Å². The van der Waals surface area contributed by atoms with E-state index in [2.05, 4.69) is 0 Å². The van der Waals surface area contributed by atoms with Crippen molar-refractivity contribution in [2.24, 2.45) is 0 Å². The summed E-state index contributed by atoms with van der Waals surface area (Å²) >= 11 is 0. The van der Waals surface area contributed by atoms with E-state index in [-0.39, 0.29) is 11.7 Å². The Kier molecular flexibility index (Phi) is 2.18. The molecule has 1 rings (SSSR count). The second-order valence-electron chi connectivity index (χ2n) is 3.91. The van der Waals surface area contributed by atoms with Gasteiger partial charge >= 0.3 is 0 Å². The second kappa shape index (κ2) is 2.81. The molecule has 1 saturated heterocycles. The van der Waals surface area contributed by atoms with Crippen LogP contribution >= 0.6 is 0 Å². The van der Waals surface area contributed by atoms with Crippen LogP contribution in [0.3, 0.4) is 0 Å². The van der Waals surface area contributed by atoms with Crippen molar-refractivity contribution in [3.8, 4) is 0 Å². The highest BCUT2D eigenvalue weighted by atomic mass is 16.5. The van der Waals surface area contributed by atoms with E-state index < -0.39 is 0 Å². The third-order valence-corrected chi connectivity index (χ3v) is 1.55. The summed E-state index contributed by atoms with van der Waals surface area (Å²) in [6, 6.07) is 0. The smallest absolute Gasteiger partial charge is 0.209 e. The third-order valence-electron chi connectivity index (χ3n) is 1.55. The Balaban J connectivity index is 2.18. The van der Waals surface area contributed by atoms with Crippen LogP contribution in [0.2, 0.25) is 0 Å². The van der Waals surface area contributed by atoms with Gasteiger partial charge in [0, 0.05) is 13.1 Å². The number of nitrogens with zero attached hydrogens (tertiary/aromatic N) is 1. The van der Waals surface area contributed by atoms with Crippen LogP contribution < -0.4 is 0 Å². The van der Waals surface area contributed by atoms with Crippen molar-refractivity contribution in [2.45, 2.75) is 32.5 Å². The van der Waals surface area contributed by atoms with E-state index >= 15 is 0 Å². The molecule has 64 valence electrons. The first-order chi connectivity index (χ1) is 5.01. The standard InChI is InChI=1S/C8H15NO2/c1-8(2,3)11-7-4-9(5-7)6-10/h6-7H,4-5H2,1-3H3. The zero-order chi connectivity index (χ0) is 8.48. The largest absolute Gasteiger partial charge is 0.369 e. The van der Waals surface area contributed by atoms with Crippen molar-refractivity contribution < 1.29 is 9.53 Å². The average Bonchev–Trinajstić information content (AvgIpc) is 1.75. The fourth-order valence-electron chi connectivity index (χ4n) is 1.13. The van der Waals surface area contributed by atoms with Gasteiger partial charge in [-0.25, -0.2) is 0 Å². The number of amides is 1. The van der Waals surface area contributed by atoms with Crippen molar-refractivity contribution in [2.75, 3.05) is 13.1 Å². The van der Waals surface area contributed by atoms with Crippen molar-refractivity contribution in [1.82, 2.24) is 4.90 Å². The fraction of sp³-hybridized carbons (Fsp3) is 0.875. The molecule has 0 aromatic heterocycles. The maximum absolute atomic E-state index is 10.2. The molecular weight excluding hydrogens is 142 g/mol. The van der Waals surface area contributed by atoms with Crippen LogP contribution in [0.1, 0.15) is 20.8 Å². The lowest BCUT2D eigenvalue weighted by molar-refractivity contribution is -0.146. The highest BCUT2D eigenvalue weighted by Gasteiger charge is 2.29. The third kappa shape index (κ3) is 2.50. The molecule has 0 aromatic rings. The van der Waals surface area contributed by atoms with Crippen LogP contribution in [0.5, 0.6) is 0 Å². The number of ether oxygens (including phenoxy) is 1. The summed E-state index contributed by atoms with van der Waals surface area (Å²) in [7, 11) is 0. The zero-order valence-corrected chi connectivity index (χ0v) is 7.33. The van der Waals surface area contributed by atoms with Gasteiger partial charge in [-0.2, -0.15) is 0 Å². The molecule has 0 N–H and O–H groups in total. The van der Waals surface area contributed by atoms with Gasteiger partial charge < -0.3 is 9.64 Å². The molecule has 1 amide bonds. The first-order valence-corrected chi connectivity index (χ1v) is 3.88. The molecule has 0 unspecified atom stereocenters. The molecule has 0 aromatic carbocycles. The molecule has 1 aliphatic heterocycles. The Labute approximate surface area is 67.3 Å². The molecule has 1 fully saturated rings. The molecule has 1 heterocycles. The lowest BCUT2D eigenvalue weighted by Crippen LogP contribution is -2.53. The lowest BCUT2D eigenvalue weighted by Gasteiger charge is -2.39. The predicted molar refractivity (Wildman–Crippen MR) is 42.3 cm³/mol. The number of rotatable bonds is 2. The summed E-state index contributed by atoms with van der Waals surface area (Å²) in [5, 5.41) is 0. The van der Waals surface area contributed by atoms with Gasteiger partial charge in [0.2, 0.25) is 6.41 Å². The van der Waals surface area contributed by atoms with Crippen LogP contribution in [0, 0.1) is 0 Å². The minimum absolute atomic E-state index is 0.0837. The van der Waals surface area contributed by atoms with Gasteiger partial charge in [-0.15, -0.1) is 0 Å². The minimum Gasteiger partial charge on any atom is -0.369 e. The van der Waals surface area contributed by atoms with Crippen molar-refractivity contribution >= 4 is 6.41 Å². The molecule has 0 atom stereocenters. The van der Waals surface area contributed by atoms with Gasteiger partial charge in [-0.05, 0) is 20.8 Å². The van der Waals surface area contributed by atoms with E-state index in [4.69, 9.17) is 4.74 Å². The van der Waals surface area contributed by atoms with E-state index in [1.807, 2.05) is 20.8 Å². The Bertz CT molecular complexity index is 145. The molecule has 0 aliphatic carbocycles. The fourth-order valence-corrected chi connectivity index (χ4v) is 1.13. The normalized spacial score (nSPS) is 19.7. The van der Waals surface area contributed by atoms with E-state index in [9.17, 15) is 4.79 Å². The average molecular weight is 157 g/mol. The summed E-state index contributed by atoms with van der Waals surface area (Å²) in [4.78, 5) is 11.9. The monoisotopic (exact) mass is 157 g/mol. The summed E-state index contributed by atoms with van der Waals surface area (Å²) in [6.07, 6.45) is 1.11. The number of likely N-dealkylation sites (tertiary alicyclic amines) is 1. The lowest BCUT2D eigenvalue weighted by atomic mass is 10.1. The molecule has 0 bridgehead atoms. The van der Waals surface area contributed by atoms with Crippen LogP contribution in [0.15, 0.2) is 0 Å². The molecule has 11 heavy (non-hydrogen) atoms. The molecular formula is C8H15NO2. The highest BCUT2D eigenvalue weighted by Crippen LogP contribution is 2.17. The van der Waals surface area contributed by atoms with Crippen LogP contribution in [0.4, 0.5) is 0 Å². The van der Waals surface area contributed by atoms with Gasteiger partial charge in [-0.3, -0.25) is 4.79 Å². The maximum atomic E-state index is 10.2. The van der Waals surface area contributed by atoms with E-state index in [0.29, 0.717) is 0 Å². The number of carbonyl (C=O) groups is 1. The van der Waals surface area contributed by atoms with E-state index in [1.54, 1.807) is 4.90 Å².